The summed E-state index contributed by atoms with van der Waals surface area (Å²) >= 11 is 1.38. The molecule has 9 nitrogen and oxygen atoms in total. The van der Waals surface area contributed by atoms with Gasteiger partial charge in [0, 0.05) is 38.5 Å². The van der Waals surface area contributed by atoms with E-state index in [0.29, 0.717) is 35.4 Å². The van der Waals surface area contributed by atoms with E-state index in [1.54, 1.807) is 19.2 Å². The minimum Gasteiger partial charge on any atom is -0.494 e. The quantitative estimate of drug-likeness (QED) is 0.548. The summed E-state index contributed by atoms with van der Waals surface area (Å²) in [6.45, 7) is 4.98. The second kappa shape index (κ2) is 9.21. The highest BCUT2D eigenvalue weighted by Gasteiger charge is 2.18. The summed E-state index contributed by atoms with van der Waals surface area (Å²) in [5.74, 6) is 1.12. The number of ether oxygens (including phenoxy) is 1. The number of hydrogen-bond donors (Lipinski definition) is 1. The topological polar surface area (TPSA) is 100 Å². The molecule has 0 spiro atoms. The second-order valence-corrected chi connectivity index (χ2v) is 7.68. The van der Waals surface area contributed by atoms with Gasteiger partial charge in [-0.25, -0.2) is 9.78 Å². The molecule has 3 aromatic rings. The van der Waals surface area contributed by atoms with E-state index in [-0.39, 0.29) is 17.8 Å². The zero-order valence-corrected chi connectivity index (χ0v) is 18.3. The first kappa shape index (κ1) is 21.7. The van der Waals surface area contributed by atoms with Crippen molar-refractivity contribution in [3.05, 3.63) is 45.1 Å². The number of nitrogens with zero attached hydrogens (tertiary/aromatic N) is 4. The van der Waals surface area contributed by atoms with E-state index in [1.807, 2.05) is 30.5 Å². The van der Waals surface area contributed by atoms with E-state index in [2.05, 4.69) is 10.3 Å². The Kier molecular flexibility index (Phi) is 6.66. The normalized spacial score (nSPS) is 11.1. The molecule has 2 heterocycles. The number of fused-ring (bicyclic) bond motifs is 1. The van der Waals surface area contributed by atoms with Crippen molar-refractivity contribution in [2.45, 2.75) is 32.0 Å². The summed E-state index contributed by atoms with van der Waals surface area (Å²) in [4.78, 5) is 41.4. The van der Waals surface area contributed by atoms with E-state index in [0.717, 1.165) is 10.3 Å². The van der Waals surface area contributed by atoms with Gasteiger partial charge in [0.15, 0.2) is 16.3 Å². The van der Waals surface area contributed by atoms with Gasteiger partial charge in [-0.3, -0.25) is 18.7 Å². The molecule has 0 unspecified atom stereocenters. The Bertz CT molecular complexity index is 1180. The van der Waals surface area contributed by atoms with E-state index < -0.39 is 11.2 Å². The average Bonchev–Trinajstić information content (AvgIpc) is 3.11. The second-order valence-electron chi connectivity index (χ2n) is 6.62. The molecule has 0 saturated carbocycles. The first-order chi connectivity index (χ1) is 14.4. The number of carbonyl (C=O) groups is 1. The lowest BCUT2D eigenvalue weighted by Crippen LogP contribution is -2.37. The van der Waals surface area contributed by atoms with Crippen LogP contribution in [-0.4, -0.2) is 37.0 Å². The molecule has 3 rings (SSSR count). The molecule has 0 aliphatic rings. The van der Waals surface area contributed by atoms with Crippen LogP contribution in [0.15, 0.2) is 39.0 Å². The van der Waals surface area contributed by atoms with Crippen LogP contribution >= 0.6 is 11.8 Å². The number of carbonyl (C=O) groups excluding carboxylic acids is 1. The Labute approximate surface area is 177 Å². The highest BCUT2D eigenvalue weighted by atomic mass is 32.2. The molecule has 10 heteroatoms. The van der Waals surface area contributed by atoms with Crippen LogP contribution in [-0.2, 0) is 25.4 Å². The number of aromatic nitrogens is 4. The van der Waals surface area contributed by atoms with Gasteiger partial charge in [-0.2, -0.15) is 0 Å². The Balaban J connectivity index is 1.69. The van der Waals surface area contributed by atoms with Crippen LogP contribution in [0.1, 0.15) is 20.3 Å². The molecular weight excluding hydrogens is 406 g/mol. The van der Waals surface area contributed by atoms with Gasteiger partial charge >= 0.3 is 5.69 Å². The predicted molar refractivity (Wildman–Crippen MR) is 117 cm³/mol. The van der Waals surface area contributed by atoms with Gasteiger partial charge < -0.3 is 14.6 Å². The summed E-state index contributed by atoms with van der Waals surface area (Å²) in [5.41, 5.74) is 0.631. The molecule has 160 valence electrons. The van der Waals surface area contributed by atoms with Gasteiger partial charge in [-0.15, -0.1) is 0 Å². The monoisotopic (exact) mass is 431 g/mol. The van der Waals surface area contributed by atoms with Crippen molar-refractivity contribution < 1.29 is 9.53 Å². The summed E-state index contributed by atoms with van der Waals surface area (Å²) in [6.07, 6.45) is 0.280. The Morgan fingerprint density at radius 2 is 1.83 bits per heavy atom. The smallest absolute Gasteiger partial charge is 0.332 e. The third-order valence-corrected chi connectivity index (χ3v) is 5.61. The highest BCUT2D eigenvalue weighted by Crippen LogP contribution is 2.22. The maximum atomic E-state index is 12.4. The lowest BCUT2D eigenvalue weighted by molar-refractivity contribution is -0.115. The van der Waals surface area contributed by atoms with Crippen molar-refractivity contribution in [3.8, 4) is 5.75 Å². The molecule has 1 amide bonds. The Morgan fingerprint density at radius 1 is 1.13 bits per heavy atom. The van der Waals surface area contributed by atoms with Crippen LogP contribution < -0.4 is 21.3 Å². The van der Waals surface area contributed by atoms with Gasteiger partial charge in [0.25, 0.3) is 5.56 Å². The first-order valence-electron chi connectivity index (χ1n) is 9.69. The van der Waals surface area contributed by atoms with Gasteiger partial charge in [0.05, 0.1) is 6.61 Å². The van der Waals surface area contributed by atoms with Crippen molar-refractivity contribution in [1.29, 1.82) is 0 Å². The first-order valence-corrected chi connectivity index (χ1v) is 10.7. The van der Waals surface area contributed by atoms with Gasteiger partial charge in [0.2, 0.25) is 5.91 Å². The molecule has 0 aliphatic carbocycles. The highest BCUT2D eigenvalue weighted by molar-refractivity contribution is 7.99. The molecular formula is C20H25N5O4S. The maximum absolute atomic E-state index is 12.4. The fourth-order valence-corrected chi connectivity index (χ4v) is 4.12. The predicted octanol–water partition coefficient (Wildman–Crippen LogP) is 1.97. The van der Waals surface area contributed by atoms with Crippen LogP contribution in [0, 0.1) is 0 Å². The molecule has 0 atom stereocenters. The molecule has 0 saturated heterocycles. The third kappa shape index (κ3) is 4.28. The number of rotatable bonds is 8. The lowest BCUT2D eigenvalue weighted by Gasteiger charge is -2.09. The molecule has 2 aromatic heterocycles. The van der Waals surface area contributed by atoms with E-state index in [9.17, 15) is 14.4 Å². The molecule has 0 fully saturated rings. The molecule has 30 heavy (non-hydrogen) atoms. The summed E-state index contributed by atoms with van der Waals surface area (Å²) in [5, 5.41) is 3.46. The van der Waals surface area contributed by atoms with E-state index >= 15 is 0 Å². The number of aryl methyl sites for hydroxylation is 2. The number of benzene rings is 1. The summed E-state index contributed by atoms with van der Waals surface area (Å²) in [7, 11) is 3.06. The number of nitrogens with one attached hydrogen (secondary N) is 1. The zero-order chi connectivity index (χ0) is 21.8. The van der Waals surface area contributed by atoms with Gasteiger partial charge in [0.1, 0.15) is 5.75 Å². The van der Waals surface area contributed by atoms with Crippen molar-refractivity contribution in [3.63, 3.8) is 0 Å². The summed E-state index contributed by atoms with van der Waals surface area (Å²) < 4.78 is 9.69. The van der Waals surface area contributed by atoms with Crippen molar-refractivity contribution >= 4 is 34.5 Å². The van der Waals surface area contributed by atoms with E-state index in [1.165, 1.54) is 23.4 Å². The lowest BCUT2D eigenvalue weighted by atomic mass is 10.3. The minimum absolute atomic E-state index is 0.117. The van der Waals surface area contributed by atoms with Gasteiger partial charge in [-0.05, 0) is 38.1 Å². The number of anilines is 1. The van der Waals surface area contributed by atoms with E-state index in [4.69, 9.17) is 4.74 Å². The number of amides is 1. The van der Waals surface area contributed by atoms with Crippen LogP contribution in [0.3, 0.4) is 0 Å². The SMILES string of the molecule is CCOc1ccc(NC(=O)CCSc2nc3c(=O)n(C)c(=O)n(C)c3n2CC)cc1. The average molecular weight is 432 g/mol. The summed E-state index contributed by atoms with van der Waals surface area (Å²) in [6, 6.07) is 7.20. The molecule has 1 aromatic carbocycles. The van der Waals surface area contributed by atoms with Crippen LogP contribution in [0.25, 0.3) is 11.2 Å². The Morgan fingerprint density at radius 3 is 2.47 bits per heavy atom. The number of thioether (sulfide) groups is 1. The van der Waals surface area contributed by atoms with Crippen LogP contribution in [0.4, 0.5) is 5.69 Å². The fourth-order valence-electron chi connectivity index (χ4n) is 3.12. The standard InChI is InChI=1S/C20H25N5O4S/c1-5-25-17-16(18(27)24(4)20(28)23(17)3)22-19(25)30-12-11-15(26)21-13-7-9-14(10-8-13)29-6-2/h7-10H,5-6,11-12H2,1-4H3,(H,21,26). The minimum atomic E-state index is -0.421. The van der Waals surface area contributed by atoms with Gasteiger partial charge in [-0.1, -0.05) is 11.8 Å². The number of hydrogen-bond acceptors (Lipinski definition) is 6. The maximum Gasteiger partial charge on any atom is 0.332 e. The zero-order valence-electron chi connectivity index (χ0n) is 17.5. The molecule has 0 aliphatic heterocycles. The molecule has 0 bridgehead atoms. The molecule has 0 radical (unpaired) electrons. The largest absolute Gasteiger partial charge is 0.494 e. The number of imidazole rings is 1. The third-order valence-electron chi connectivity index (χ3n) is 4.63. The van der Waals surface area contributed by atoms with Crippen LogP contribution in [0.5, 0.6) is 5.75 Å². The van der Waals surface area contributed by atoms with Crippen molar-refractivity contribution in [2.75, 3.05) is 17.7 Å². The molecule has 1 N–H and O–H groups in total. The van der Waals surface area contributed by atoms with Crippen molar-refractivity contribution in [2.24, 2.45) is 14.1 Å². The van der Waals surface area contributed by atoms with Crippen molar-refractivity contribution in [1.82, 2.24) is 18.7 Å². The Hall–Kier alpha value is -3.01. The van der Waals surface area contributed by atoms with Crippen LogP contribution in [0.2, 0.25) is 0 Å². The fraction of sp³-hybridized carbons (Fsp3) is 0.400.